The van der Waals surface area contributed by atoms with Crippen LogP contribution in [0.4, 0.5) is 5.69 Å². The third kappa shape index (κ3) is 5.02. The normalized spacial score (nSPS) is 13.9. The maximum atomic E-state index is 13.3. The molecule has 0 saturated heterocycles. The number of aromatic nitrogens is 1. The van der Waals surface area contributed by atoms with E-state index in [0.717, 1.165) is 29.3 Å². The molecule has 1 fully saturated rings. The predicted molar refractivity (Wildman–Crippen MR) is 133 cm³/mol. The van der Waals surface area contributed by atoms with Crippen LogP contribution in [-0.4, -0.2) is 34.8 Å². The van der Waals surface area contributed by atoms with Crippen molar-refractivity contribution in [2.24, 2.45) is 0 Å². The van der Waals surface area contributed by atoms with Crippen LogP contribution in [-0.2, 0) is 11.2 Å². The van der Waals surface area contributed by atoms with Crippen LogP contribution in [0, 0.1) is 0 Å². The second kappa shape index (κ2) is 9.52. The minimum absolute atomic E-state index is 0.153. The summed E-state index contributed by atoms with van der Waals surface area (Å²) >= 11 is 1.32. The lowest BCUT2D eigenvalue weighted by Crippen LogP contribution is -2.45. The molecule has 7 nitrogen and oxygen atoms in total. The molecule has 1 aliphatic rings. The predicted octanol–water partition coefficient (Wildman–Crippen LogP) is 4.10. The third-order valence-electron chi connectivity index (χ3n) is 5.77. The third-order valence-corrected chi connectivity index (χ3v) is 6.64. The van der Waals surface area contributed by atoms with Gasteiger partial charge in [0.25, 0.3) is 11.8 Å². The molecular weight excluding hydrogens is 448 g/mol. The van der Waals surface area contributed by atoms with Crippen LogP contribution in [0.3, 0.4) is 0 Å². The molecule has 4 N–H and O–H groups in total. The average molecular weight is 473 g/mol. The Labute approximate surface area is 200 Å². The molecule has 0 bridgehead atoms. The van der Waals surface area contributed by atoms with Crippen LogP contribution >= 0.6 is 11.3 Å². The average Bonchev–Trinajstić information content (AvgIpc) is 3.32. The fourth-order valence-electron chi connectivity index (χ4n) is 3.83. The second-order valence-electron chi connectivity index (χ2n) is 8.38. The summed E-state index contributed by atoms with van der Waals surface area (Å²) < 4.78 is 0. The zero-order valence-corrected chi connectivity index (χ0v) is 19.2. The van der Waals surface area contributed by atoms with E-state index in [9.17, 15) is 14.4 Å². The zero-order chi connectivity index (χ0) is 23.5. The number of fused-ring (bicyclic) bond motifs is 1. The fourth-order valence-corrected chi connectivity index (χ4v) is 4.46. The Bertz CT molecular complexity index is 1340. The van der Waals surface area contributed by atoms with Crippen LogP contribution in [0.25, 0.3) is 10.9 Å². The highest BCUT2D eigenvalue weighted by atomic mass is 32.1. The summed E-state index contributed by atoms with van der Waals surface area (Å²) in [5, 5.41) is 11.5. The first kappa shape index (κ1) is 21.9. The zero-order valence-electron chi connectivity index (χ0n) is 18.3. The summed E-state index contributed by atoms with van der Waals surface area (Å²) in [5.74, 6) is -0.803. The molecule has 2 heterocycles. The highest BCUT2D eigenvalue weighted by Crippen LogP contribution is 2.22. The van der Waals surface area contributed by atoms with E-state index in [-0.39, 0.29) is 23.8 Å². The Morgan fingerprint density at radius 2 is 1.85 bits per heavy atom. The summed E-state index contributed by atoms with van der Waals surface area (Å²) in [6.45, 7) is 0. The Hall–Kier alpha value is -3.91. The van der Waals surface area contributed by atoms with Gasteiger partial charge in [-0.3, -0.25) is 14.4 Å². The van der Waals surface area contributed by atoms with Gasteiger partial charge < -0.3 is 20.9 Å². The summed E-state index contributed by atoms with van der Waals surface area (Å²) in [4.78, 5) is 42.2. The maximum Gasteiger partial charge on any atom is 0.262 e. The number of carbonyl (C=O) groups excluding carboxylic acids is 3. The van der Waals surface area contributed by atoms with E-state index in [4.69, 9.17) is 0 Å². The molecule has 1 aliphatic carbocycles. The smallest absolute Gasteiger partial charge is 0.262 e. The number of aromatic amines is 1. The Morgan fingerprint density at radius 3 is 2.65 bits per heavy atom. The standard InChI is InChI=1S/C26H24N4O3S/c31-24(28-18-10-11-18)16-5-3-6-19(13-16)29-25(32)22(30-26(33)23-9-4-12-34-23)14-17-15-27-21-8-2-1-7-20(17)21/h1-9,12-13,15,18,22,27H,10-11,14H2,(H,28,31)(H,29,32)(H,30,33)/t22-/m0/s1. The highest BCUT2D eigenvalue weighted by molar-refractivity contribution is 7.12. The van der Waals surface area contributed by atoms with Crippen LogP contribution in [0.2, 0.25) is 0 Å². The Kier molecular flexibility index (Phi) is 6.14. The fraction of sp³-hybridized carbons (Fsp3) is 0.192. The molecule has 172 valence electrons. The molecule has 8 heteroatoms. The van der Waals surface area contributed by atoms with Crippen molar-refractivity contribution in [2.45, 2.75) is 31.3 Å². The number of rotatable bonds is 8. The monoisotopic (exact) mass is 472 g/mol. The van der Waals surface area contributed by atoms with Gasteiger partial charge in [0, 0.05) is 40.8 Å². The lowest BCUT2D eigenvalue weighted by atomic mass is 10.0. The quantitative estimate of drug-likeness (QED) is 0.310. The van der Waals surface area contributed by atoms with Crippen molar-refractivity contribution in [1.29, 1.82) is 0 Å². The molecule has 3 amide bonds. The number of hydrogen-bond donors (Lipinski definition) is 4. The molecule has 0 spiro atoms. The highest BCUT2D eigenvalue weighted by Gasteiger charge is 2.25. The molecule has 1 saturated carbocycles. The number of para-hydroxylation sites is 1. The lowest BCUT2D eigenvalue weighted by Gasteiger charge is -2.18. The van der Waals surface area contributed by atoms with E-state index in [1.54, 1.807) is 36.4 Å². The first-order chi connectivity index (χ1) is 16.6. The van der Waals surface area contributed by atoms with E-state index in [2.05, 4.69) is 20.9 Å². The number of hydrogen-bond acceptors (Lipinski definition) is 4. The summed E-state index contributed by atoms with van der Waals surface area (Å²) in [5.41, 5.74) is 2.89. The topological polar surface area (TPSA) is 103 Å². The van der Waals surface area contributed by atoms with Gasteiger partial charge in [-0.15, -0.1) is 11.3 Å². The van der Waals surface area contributed by atoms with E-state index in [0.29, 0.717) is 22.5 Å². The molecule has 2 aromatic carbocycles. The summed E-state index contributed by atoms with van der Waals surface area (Å²) in [6.07, 6.45) is 4.18. The lowest BCUT2D eigenvalue weighted by molar-refractivity contribution is -0.118. The van der Waals surface area contributed by atoms with Gasteiger partial charge >= 0.3 is 0 Å². The van der Waals surface area contributed by atoms with Crippen LogP contribution < -0.4 is 16.0 Å². The number of benzene rings is 2. The molecule has 2 aromatic heterocycles. The first-order valence-corrected chi connectivity index (χ1v) is 12.1. The van der Waals surface area contributed by atoms with Crippen LogP contribution in [0.1, 0.15) is 38.4 Å². The van der Waals surface area contributed by atoms with Crippen molar-refractivity contribution in [2.75, 3.05) is 5.32 Å². The molecule has 1 atom stereocenters. The van der Waals surface area contributed by atoms with Gasteiger partial charge in [0.15, 0.2) is 0 Å². The van der Waals surface area contributed by atoms with E-state index < -0.39 is 6.04 Å². The van der Waals surface area contributed by atoms with Gasteiger partial charge in [0.05, 0.1) is 4.88 Å². The van der Waals surface area contributed by atoms with E-state index in [1.807, 2.05) is 35.8 Å². The summed E-state index contributed by atoms with van der Waals surface area (Å²) in [7, 11) is 0. The van der Waals surface area contributed by atoms with Gasteiger partial charge in [-0.25, -0.2) is 0 Å². The van der Waals surface area contributed by atoms with Gasteiger partial charge in [0.1, 0.15) is 6.04 Å². The number of amides is 3. The molecular formula is C26H24N4O3S. The van der Waals surface area contributed by atoms with Crippen molar-refractivity contribution < 1.29 is 14.4 Å². The molecule has 34 heavy (non-hydrogen) atoms. The SMILES string of the molecule is O=C(NC1CC1)c1cccc(NC(=O)[C@H](Cc2c[nH]c3ccccc23)NC(=O)c2cccs2)c1. The van der Waals surface area contributed by atoms with Crippen molar-refractivity contribution in [3.63, 3.8) is 0 Å². The van der Waals surface area contributed by atoms with Gasteiger partial charge in [-0.1, -0.05) is 30.3 Å². The van der Waals surface area contributed by atoms with Crippen molar-refractivity contribution in [3.8, 4) is 0 Å². The van der Waals surface area contributed by atoms with Crippen LogP contribution in [0.15, 0.2) is 72.2 Å². The maximum absolute atomic E-state index is 13.3. The number of thiophene rings is 1. The minimum atomic E-state index is -0.808. The largest absolute Gasteiger partial charge is 0.361 e. The van der Waals surface area contributed by atoms with Crippen molar-refractivity contribution in [3.05, 3.63) is 88.2 Å². The van der Waals surface area contributed by atoms with Crippen LogP contribution in [0.5, 0.6) is 0 Å². The molecule has 0 radical (unpaired) electrons. The molecule has 5 rings (SSSR count). The first-order valence-electron chi connectivity index (χ1n) is 11.2. The van der Waals surface area contributed by atoms with E-state index >= 15 is 0 Å². The van der Waals surface area contributed by atoms with Gasteiger partial charge in [-0.2, -0.15) is 0 Å². The Morgan fingerprint density at radius 1 is 1.00 bits per heavy atom. The molecule has 0 unspecified atom stereocenters. The van der Waals surface area contributed by atoms with Crippen molar-refractivity contribution in [1.82, 2.24) is 15.6 Å². The second-order valence-corrected chi connectivity index (χ2v) is 9.33. The molecule has 0 aliphatic heterocycles. The number of anilines is 1. The Balaban J connectivity index is 1.36. The summed E-state index contributed by atoms with van der Waals surface area (Å²) in [6, 6.07) is 17.6. The number of H-pyrrole nitrogens is 1. The van der Waals surface area contributed by atoms with Crippen molar-refractivity contribution >= 4 is 45.6 Å². The minimum Gasteiger partial charge on any atom is -0.361 e. The van der Waals surface area contributed by atoms with E-state index in [1.165, 1.54) is 11.3 Å². The van der Waals surface area contributed by atoms with Gasteiger partial charge in [-0.05, 0) is 54.1 Å². The number of carbonyl (C=O) groups is 3. The van der Waals surface area contributed by atoms with Gasteiger partial charge in [0.2, 0.25) is 5.91 Å². The molecule has 4 aromatic rings. The number of nitrogens with one attached hydrogen (secondary N) is 4.